The van der Waals surface area contributed by atoms with Crippen molar-refractivity contribution in [2.24, 2.45) is 0 Å². The van der Waals surface area contributed by atoms with Crippen LogP contribution in [0.5, 0.6) is 0 Å². The van der Waals surface area contributed by atoms with Gasteiger partial charge in [-0.15, -0.1) is 0 Å². The Kier molecular flexibility index (Phi) is 6.64. The second kappa shape index (κ2) is 9.15. The minimum atomic E-state index is -0.191. The van der Waals surface area contributed by atoms with Gasteiger partial charge in [0.2, 0.25) is 5.91 Å². The first-order valence-electron chi connectivity index (χ1n) is 9.20. The fourth-order valence-corrected chi connectivity index (χ4v) is 3.46. The molecule has 1 aromatic carbocycles. The number of anilines is 1. The lowest BCUT2D eigenvalue weighted by Crippen LogP contribution is -2.46. The van der Waals surface area contributed by atoms with Crippen molar-refractivity contribution in [1.82, 2.24) is 5.32 Å². The number of ether oxygens (including phenoxy) is 2. The van der Waals surface area contributed by atoms with E-state index >= 15 is 0 Å². The zero-order valence-electron chi connectivity index (χ0n) is 14.6. The summed E-state index contributed by atoms with van der Waals surface area (Å²) in [5, 5.41) is 3.02. The third-order valence-electron chi connectivity index (χ3n) is 4.86. The van der Waals surface area contributed by atoms with Gasteiger partial charge in [-0.05, 0) is 44.2 Å². The highest BCUT2D eigenvalue weighted by Crippen LogP contribution is 2.22. The fourth-order valence-electron chi connectivity index (χ4n) is 3.46. The summed E-state index contributed by atoms with van der Waals surface area (Å²) in [4.78, 5) is 14.0. The molecule has 2 heterocycles. The van der Waals surface area contributed by atoms with Crippen LogP contribution >= 0.6 is 0 Å². The number of benzene rings is 1. The Morgan fingerprint density at radius 1 is 1.24 bits per heavy atom. The molecule has 0 saturated carbocycles. The van der Waals surface area contributed by atoms with Gasteiger partial charge in [-0.2, -0.15) is 0 Å². The van der Waals surface area contributed by atoms with Crippen molar-refractivity contribution < 1.29 is 18.7 Å². The Bertz CT molecular complexity index is 555. The van der Waals surface area contributed by atoms with Crippen LogP contribution in [0.25, 0.3) is 0 Å². The average Bonchev–Trinajstić information content (AvgIpc) is 2.64. The number of piperidine rings is 1. The Labute approximate surface area is 148 Å². The summed E-state index contributed by atoms with van der Waals surface area (Å²) in [6.45, 7) is 2.83. The van der Waals surface area contributed by atoms with E-state index in [2.05, 4.69) is 5.32 Å². The number of halogens is 1. The molecule has 1 N–H and O–H groups in total. The third-order valence-corrected chi connectivity index (χ3v) is 4.86. The number of amides is 1. The molecule has 2 fully saturated rings. The van der Waals surface area contributed by atoms with Gasteiger partial charge in [0.25, 0.3) is 0 Å². The first-order chi connectivity index (χ1) is 12.2. The smallest absolute Gasteiger partial charge is 0.246 e. The second-order valence-electron chi connectivity index (χ2n) is 6.78. The standard InChI is InChI=1S/C19H27FN2O3/c20-17-6-1-2-7-18(17)22-10-8-15(9-11-22)21-19(23)14-24-13-16-5-3-4-12-25-16/h1-2,6-7,15-16H,3-5,8-14H2,(H,21,23). The maximum absolute atomic E-state index is 13.8. The van der Waals surface area contributed by atoms with Crippen LogP contribution in [-0.4, -0.2) is 51.0 Å². The normalized spacial score (nSPS) is 22.0. The molecule has 0 aromatic heterocycles. The number of carbonyl (C=O) groups excluding carboxylic acids is 1. The molecule has 1 unspecified atom stereocenters. The van der Waals surface area contributed by atoms with E-state index in [1.54, 1.807) is 12.1 Å². The minimum absolute atomic E-state index is 0.0768. The highest BCUT2D eigenvalue weighted by Gasteiger charge is 2.22. The molecular weight excluding hydrogens is 323 g/mol. The maximum Gasteiger partial charge on any atom is 0.246 e. The largest absolute Gasteiger partial charge is 0.376 e. The van der Waals surface area contributed by atoms with Crippen LogP contribution in [0.3, 0.4) is 0 Å². The molecular formula is C19H27FN2O3. The summed E-state index contributed by atoms with van der Waals surface area (Å²) in [5.74, 6) is -0.275. The predicted octanol–water partition coefficient (Wildman–Crippen LogP) is 2.50. The number of nitrogens with one attached hydrogen (secondary N) is 1. The van der Waals surface area contributed by atoms with Crippen LogP contribution in [0.4, 0.5) is 10.1 Å². The van der Waals surface area contributed by atoms with Gasteiger partial charge in [0.05, 0.1) is 18.4 Å². The van der Waals surface area contributed by atoms with Gasteiger partial charge < -0.3 is 19.7 Å². The predicted molar refractivity (Wildman–Crippen MR) is 94.2 cm³/mol. The van der Waals surface area contributed by atoms with Gasteiger partial charge in [0.1, 0.15) is 12.4 Å². The average molecular weight is 350 g/mol. The van der Waals surface area contributed by atoms with Crippen LogP contribution in [0.2, 0.25) is 0 Å². The molecule has 5 nitrogen and oxygen atoms in total. The molecule has 2 saturated heterocycles. The van der Waals surface area contributed by atoms with Crippen LogP contribution in [0.1, 0.15) is 32.1 Å². The number of para-hydroxylation sites is 1. The lowest BCUT2D eigenvalue weighted by Gasteiger charge is -2.34. The van der Waals surface area contributed by atoms with Crippen molar-refractivity contribution in [3.05, 3.63) is 30.1 Å². The first-order valence-corrected chi connectivity index (χ1v) is 9.20. The maximum atomic E-state index is 13.8. The van der Waals surface area contributed by atoms with Crippen LogP contribution in [0, 0.1) is 5.82 Å². The van der Waals surface area contributed by atoms with E-state index in [1.807, 2.05) is 11.0 Å². The van der Waals surface area contributed by atoms with E-state index < -0.39 is 0 Å². The molecule has 1 aromatic rings. The van der Waals surface area contributed by atoms with E-state index in [-0.39, 0.29) is 30.5 Å². The monoisotopic (exact) mass is 350 g/mol. The molecule has 0 spiro atoms. The van der Waals surface area contributed by atoms with Crippen molar-refractivity contribution in [3.63, 3.8) is 0 Å². The molecule has 1 atom stereocenters. The van der Waals surface area contributed by atoms with Gasteiger partial charge in [-0.25, -0.2) is 4.39 Å². The van der Waals surface area contributed by atoms with Crippen molar-refractivity contribution in [3.8, 4) is 0 Å². The number of rotatable bonds is 6. The van der Waals surface area contributed by atoms with Gasteiger partial charge in [-0.3, -0.25) is 4.79 Å². The lowest BCUT2D eigenvalue weighted by molar-refractivity contribution is -0.128. The SMILES string of the molecule is O=C(COCC1CCCCO1)NC1CCN(c2ccccc2F)CC1. The molecule has 0 aliphatic carbocycles. The quantitative estimate of drug-likeness (QED) is 0.856. The Balaban J connectivity index is 1.34. The summed E-state index contributed by atoms with van der Waals surface area (Å²) < 4.78 is 24.9. The molecule has 2 aliphatic heterocycles. The van der Waals surface area contributed by atoms with E-state index in [0.717, 1.165) is 45.4 Å². The third kappa shape index (κ3) is 5.41. The molecule has 138 valence electrons. The number of nitrogens with zero attached hydrogens (tertiary/aromatic N) is 1. The van der Waals surface area contributed by atoms with Gasteiger partial charge in [0.15, 0.2) is 0 Å². The second-order valence-corrected chi connectivity index (χ2v) is 6.78. The zero-order valence-corrected chi connectivity index (χ0v) is 14.6. The van der Waals surface area contributed by atoms with Crippen molar-refractivity contribution in [2.75, 3.05) is 37.8 Å². The summed E-state index contributed by atoms with van der Waals surface area (Å²) in [6, 6.07) is 6.96. The molecule has 3 rings (SSSR count). The Morgan fingerprint density at radius 2 is 2.04 bits per heavy atom. The van der Waals surface area contributed by atoms with Crippen LogP contribution < -0.4 is 10.2 Å². The van der Waals surface area contributed by atoms with E-state index in [4.69, 9.17) is 9.47 Å². The minimum Gasteiger partial charge on any atom is -0.376 e. The Hall–Kier alpha value is -1.66. The molecule has 0 bridgehead atoms. The number of hydrogen-bond acceptors (Lipinski definition) is 4. The van der Waals surface area contributed by atoms with Gasteiger partial charge in [0, 0.05) is 25.7 Å². The highest BCUT2D eigenvalue weighted by atomic mass is 19.1. The zero-order chi connectivity index (χ0) is 17.5. The van der Waals surface area contributed by atoms with E-state index in [9.17, 15) is 9.18 Å². The summed E-state index contributed by atoms with van der Waals surface area (Å²) >= 11 is 0. The molecule has 0 radical (unpaired) electrons. The lowest BCUT2D eigenvalue weighted by atomic mass is 10.0. The summed E-state index contributed by atoms with van der Waals surface area (Å²) in [5.41, 5.74) is 0.642. The van der Waals surface area contributed by atoms with Crippen LogP contribution in [-0.2, 0) is 14.3 Å². The summed E-state index contributed by atoms with van der Waals surface area (Å²) in [7, 11) is 0. The number of carbonyl (C=O) groups is 1. The topological polar surface area (TPSA) is 50.8 Å². The Morgan fingerprint density at radius 3 is 2.76 bits per heavy atom. The number of hydrogen-bond donors (Lipinski definition) is 1. The summed E-state index contributed by atoms with van der Waals surface area (Å²) in [6.07, 6.45) is 5.04. The fraction of sp³-hybridized carbons (Fsp3) is 0.632. The van der Waals surface area contributed by atoms with E-state index in [1.165, 1.54) is 12.5 Å². The first kappa shape index (κ1) is 18.1. The highest BCUT2D eigenvalue weighted by molar-refractivity contribution is 5.77. The van der Waals surface area contributed by atoms with Gasteiger partial charge in [-0.1, -0.05) is 12.1 Å². The van der Waals surface area contributed by atoms with E-state index in [0.29, 0.717) is 12.3 Å². The molecule has 2 aliphatic rings. The molecule has 25 heavy (non-hydrogen) atoms. The van der Waals surface area contributed by atoms with Crippen molar-refractivity contribution >= 4 is 11.6 Å². The van der Waals surface area contributed by atoms with Crippen LogP contribution in [0.15, 0.2) is 24.3 Å². The molecule has 1 amide bonds. The van der Waals surface area contributed by atoms with Gasteiger partial charge >= 0.3 is 0 Å². The van der Waals surface area contributed by atoms with Crippen molar-refractivity contribution in [1.29, 1.82) is 0 Å². The van der Waals surface area contributed by atoms with Crippen molar-refractivity contribution in [2.45, 2.75) is 44.2 Å². The molecule has 6 heteroatoms.